The average Bonchev–Trinajstić information content (AvgIpc) is 3.52. The summed E-state index contributed by atoms with van der Waals surface area (Å²) in [6.45, 7) is 2.43. The Kier molecular flexibility index (Phi) is 5.20. The van der Waals surface area contributed by atoms with Gasteiger partial charge in [0.2, 0.25) is 5.91 Å². The second kappa shape index (κ2) is 8.32. The first-order valence-corrected chi connectivity index (χ1v) is 10.4. The monoisotopic (exact) mass is 446 g/mol. The molecular formula is C23H19ClN6O2. The number of fused-ring (bicyclic) bond motifs is 1. The summed E-state index contributed by atoms with van der Waals surface area (Å²) < 4.78 is 8.86. The van der Waals surface area contributed by atoms with Gasteiger partial charge in [-0.2, -0.15) is 10.2 Å². The molecule has 0 fully saturated rings. The van der Waals surface area contributed by atoms with Crippen LogP contribution in [0.25, 0.3) is 22.4 Å². The summed E-state index contributed by atoms with van der Waals surface area (Å²) in [4.78, 5) is 17.1. The van der Waals surface area contributed by atoms with Crippen molar-refractivity contribution in [3.8, 4) is 11.3 Å². The molecule has 1 amide bonds. The Morgan fingerprint density at radius 2 is 2.06 bits per heavy atom. The van der Waals surface area contributed by atoms with Crippen LogP contribution in [-0.4, -0.2) is 30.5 Å². The van der Waals surface area contributed by atoms with Gasteiger partial charge in [0.15, 0.2) is 5.65 Å². The van der Waals surface area contributed by atoms with Crippen molar-refractivity contribution in [2.75, 3.05) is 5.32 Å². The van der Waals surface area contributed by atoms with Gasteiger partial charge in [-0.25, -0.2) is 9.67 Å². The van der Waals surface area contributed by atoms with Gasteiger partial charge < -0.3 is 9.73 Å². The SMILES string of the molecule is Cc1nn(CC(=O)Nc2cnn(Cc3ccccc3Cl)c2)c2nccc(-c3ccco3)c12. The van der Waals surface area contributed by atoms with Crippen molar-refractivity contribution in [1.82, 2.24) is 24.5 Å². The molecule has 0 saturated carbocycles. The Balaban J connectivity index is 1.32. The highest BCUT2D eigenvalue weighted by molar-refractivity contribution is 6.31. The maximum absolute atomic E-state index is 12.7. The molecule has 160 valence electrons. The number of halogens is 1. The van der Waals surface area contributed by atoms with Gasteiger partial charge >= 0.3 is 0 Å². The number of hydrogen-bond donors (Lipinski definition) is 1. The molecule has 0 aliphatic carbocycles. The number of anilines is 1. The largest absolute Gasteiger partial charge is 0.464 e. The number of rotatable bonds is 6. The first kappa shape index (κ1) is 20.0. The highest BCUT2D eigenvalue weighted by atomic mass is 35.5. The first-order valence-electron chi connectivity index (χ1n) is 10.00. The van der Waals surface area contributed by atoms with E-state index >= 15 is 0 Å². The van der Waals surface area contributed by atoms with Gasteiger partial charge in [-0.15, -0.1) is 0 Å². The number of amides is 1. The number of aromatic nitrogens is 5. The first-order chi connectivity index (χ1) is 15.6. The lowest BCUT2D eigenvalue weighted by Gasteiger charge is -2.05. The zero-order chi connectivity index (χ0) is 22.1. The molecule has 0 bridgehead atoms. The van der Waals surface area contributed by atoms with Crippen molar-refractivity contribution >= 4 is 34.2 Å². The zero-order valence-electron chi connectivity index (χ0n) is 17.2. The number of nitrogens with one attached hydrogen (secondary N) is 1. The lowest BCUT2D eigenvalue weighted by atomic mass is 10.1. The summed E-state index contributed by atoms with van der Waals surface area (Å²) in [5.41, 5.74) is 3.84. The predicted octanol–water partition coefficient (Wildman–Crippen LogP) is 4.54. The minimum Gasteiger partial charge on any atom is -0.464 e. The van der Waals surface area contributed by atoms with Crippen molar-refractivity contribution in [2.24, 2.45) is 0 Å². The molecule has 0 radical (unpaired) electrons. The van der Waals surface area contributed by atoms with Crippen LogP contribution in [0, 0.1) is 6.92 Å². The number of nitrogens with zero attached hydrogens (tertiary/aromatic N) is 5. The van der Waals surface area contributed by atoms with E-state index in [0.717, 1.165) is 28.0 Å². The fraction of sp³-hybridized carbons (Fsp3) is 0.130. The van der Waals surface area contributed by atoms with Crippen LogP contribution in [0.1, 0.15) is 11.3 Å². The predicted molar refractivity (Wildman–Crippen MR) is 121 cm³/mol. The number of pyridine rings is 1. The molecule has 4 heterocycles. The van der Waals surface area contributed by atoms with Crippen LogP contribution in [0.2, 0.25) is 5.02 Å². The van der Waals surface area contributed by atoms with Crippen molar-refractivity contribution in [2.45, 2.75) is 20.0 Å². The van der Waals surface area contributed by atoms with Crippen LogP contribution < -0.4 is 5.32 Å². The van der Waals surface area contributed by atoms with Crippen LogP contribution in [0.5, 0.6) is 0 Å². The molecule has 4 aromatic heterocycles. The Morgan fingerprint density at radius 3 is 2.88 bits per heavy atom. The van der Waals surface area contributed by atoms with E-state index in [2.05, 4.69) is 20.5 Å². The van der Waals surface area contributed by atoms with E-state index in [-0.39, 0.29) is 12.5 Å². The summed E-state index contributed by atoms with van der Waals surface area (Å²) in [5, 5.41) is 13.2. The van der Waals surface area contributed by atoms with Gasteiger partial charge in [0.25, 0.3) is 0 Å². The highest BCUT2D eigenvalue weighted by Gasteiger charge is 2.17. The summed E-state index contributed by atoms with van der Waals surface area (Å²) >= 11 is 6.22. The van der Waals surface area contributed by atoms with Gasteiger partial charge in [-0.05, 0) is 36.8 Å². The lowest BCUT2D eigenvalue weighted by molar-refractivity contribution is -0.116. The second-order valence-corrected chi connectivity index (χ2v) is 7.75. The lowest BCUT2D eigenvalue weighted by Crippen LogP contribution is -2.19. The van der Waals surface area contributed by atoms with Gasteiger partial charge in [0, 0.05) is 23.0 Å². The molecule has 0 unspecified atom stereocenters. The highest BCUT2D eigenvalue weighted by Crippen LogP contribution is 2.30. The molecule has 0 aliphatic rings. The van der Waals surface area contributed by atoms with Crippen LogP contribution in [0.4, 0.5) is 5.69 Å². The molecule has 0 spiro atoms. The number of carbonyl (C=O) groups is 1. The Labute approximate surface area is 188 Å². The van der Waals surface area contributed by atoms with Crippen molar-refractivity contribution in [3.63, 3.8) is 0 Å². The fourth-order valence-electron chi connectivity index (χ4n) is 3.68. The van der Waals surface area contributed by atoms with E-state index < -0.39 is 0 Å². The minimum atomic E-state index is -0.225. The summed E-state index contributed by atoms with van der Waals surface area (Å²) in [6.07, 6.45) is 6.69. The Morgan fingerprint density at radius 1 is 1.19 bits per heavy atom. The third-order valence-corrected chi connectivity index (χ3v) is 5.46. The molecule has 9 heteroatoms. The molecule has 0 atom stereocenters. The van der Waals surface area contributed by atoms with Crippen LogP contribution in [0.15, 0.2) is 71.7 Å². The fourth-order valence-corrected chi connectivity index (χ4v) is 3.88. The van der Waals surface area contributed by atoms with Gasteiger partial charge in [-0.3, -0.25) is 9.48 Å². The van der Waals surface area contributed by atoms with Gasteiger partial charge in [-0.1, -0.05) is 29.8 Å². The van der Waals surface area contributed by atoms with Crippen molar-refractivity contribution in [3.05, 3.63) is 83.6 Å². The van der Waals surface area contributed by atoms with E-state index in [9.17, 15) is 4.79 Å². The third kappa shape index (κ3) is 3.88. The van der Waals surface area contributed by atoms with E-state index in [1.165, 1.54) is 0 Å². The summed E-state index contributed by atoms with van der Waals surface area (Å²) in [7, 11) is 0. The molecule has 5 rings (SSSR count). The normalized spacial score (nSPS) is 11.2. The van der Waals surface area contributed by atoms with E-state index in [1.54, 1.807) is 34.2 Å². The third-order valence-electron chi connectivity index (χ3n) is 5.10. The standard InChI is InChI=1S/C23H19ClN6O2/c1-15-22-18(20-7-4-10-32-20)8-9-25-23(22)30(28-15)14-21(31)27-17-11-26-29(13-17)12-16-5-2-3-6-19(16)24/h2-11,13H,12,14H2,1H3,(H,27,31). The second-order valence-electron chi connectivity index (χ2n) is 7.34. The van der Waals surface area contributed by atoms with Gasteiger partial charge in [0.1, 0.15) is 12.3 Å². The average molecular weight is 447 g/mol. The number of furan rings is 1. The molecular weight excluding hydrogens is 428 g/mol. The molecule has 1 aromatic carbocycles. The van der Waals surface area contributed by atoms with Gasteiger partial charge in [0.05, 0.1) is 35.8 Å². The van der Waals surface area contributed by atoms with Crippen LogP contribution in [-0.2, 0) is 17.9 Å². The molecule has 0 saturated heterocycles. The smallest absolute Gasteiger partial charge is 0.246 e. The Hall–Kier alpha value is -3.91. The van der Waals surface area contributed by atoms with Crippen molar-refractivity contribution < 1.29 is 9.21 Å². The van der Waals surface area contributed by atoms with E-state index in [1.807, 2.05) is 49.4 Å². The number of carbonyl (C=O) groups excluding carboxylic acids is 1. The molecule has 32 heavy (non-hydrogen) atoms. The molecule has 1 N–H and O–H groups in total. The van der Waals surface area contributed by atoms with Crippen LogP contribution in [0.3, 0.4) is 0 Å². The zero-order valence-corrected chi connectivity index (χ0v) is 18.0. The molecule has 0 aliphatic heterocycles. The van der Waals surface area contributed by atoms with E-state index in [4.69, 9.17) is 16.0 Å². The summed E-state index contributed by atoms with van der Waals surface area (Å²) in [6, 6.07) is 13.2. The molecule has 5 aromatic rings. The number of benzene rings is 1. The van der Waals surface area contributed by atoms with Crippen LogP contribution >= 0.6 is 11.6 Å². The minimum absolute atomic E-state index is 0.0225. The maximum Gasteiger partial charge on any atom is 0.246 e. The molecule has 8 nitrogen and oxygen atoms in total. The maximum atomic E-state index is 12.7. The van der Waals surface area contributed by atoms with E-state index in [0.29, 0.717) is 22.9 Å². The quantitative estimate of drug-likeness (QED) is 0.413. The number of hydrogen-bond acceptors (Lipinski definition) is 5. The van der Waals surface area contributed by atoms with Crippen molar-refractivity contribution in [1.29, 1.82) is 0 Å². The topological polar surface area (TPSA) is 90.8 Å². The summed E-state index contributed by atoms with van der Waals surface area (Å²) in [5.74, 6) is 0.507. The Bertz CT molecular complexity index is 1400. The number of aryl methyl sites for hydroxylation is 1.